The Balaban J connectivity index is 1.56. The Hall–Kier alpha value is -1.65. The van der Waals surface area contributed by atoms with Gasteiger partial charge in [0.1, 0.15) is 11.9 Å². The van der Waals surface area contributed by atoms with Crippen LogP contribution in [0, 0.1) is 40.4 Å². The molecule has 0 bridgehead atoms. The van der Waals surface area contributed by atoms with Gasteiger partial charge in [0.05, 0.1) is 6.26 Å². The molecule has 4 rings (SSSR count). The third kappa shape index (κ3) is 3.76. The van der Waals surface area contributed by atoms with E-state index in [2.05, 4.69) is 13.8 Å². The smallest absolute Gasteiger partial charge is 0.307 e. The van der Waals surface area contributed by atoms with Crippen LogP contribution < -0.4 is 0 Å². The fourth-order valence-corrected chi connectivity index (χ4v) is 8.38. The quantitative estimate of drug-likeness (QED) is 0.453. The van der Waals surface area contributed by atoms with Gasteiger partial charge < -0.3 is 9.47 Å². The first kappa shape index (κ1) is 22.5. The third-order valence-corrected chi connectivity index (χ3v) is 9.59. The van der Waals surface area contributed by atoms with Crippen LogP contribution in [0.25, 0.3) is 0 Å². The lowest BCUT2D eigenvalue weighted by molar-refractivity contribution is -0.168. The summed E-state index contributed by atoms with van der Waals surface area (Å²) in [6.45, 7) is 9.61. The molecule has 4 aliphatic rings. The molecule has 0 N–H and O–H groups in total. The predicted octanol–water partition coefficient (Wildman–Crippen LogP) is 5.22. The molecule has 0 unspecified atom stereocenters. The monoisotopic (exact) mass is 430 g/mol. The van der Waals surface area contributed by atoms with Crippen LogP contribution in [-0.2, 0) is 23.9 Å². The number of allylic oxidation sites excluding steroid dienone is 1. The zero-order valence-electron chi connectivity index (χ0n) is 19.7. The van der Waals surface area contributed by atoms with E-state index < -0.39 is 0 Å². The Kier molecular flexibility index (Phi) is 5.85. The van der Waals surface area contributed by atoms with E-state index in [1.54, 1.807) is 6.26 Å². The average molecular weight is 431 g/mol. The number of fused-ring (bicyclic) bond motifs is 5. The summed E-state index contributed by atoms with van der Waals surface area (Å²) in [5.41, 5.74) is 1.07. The lowest BCUT2D eigenvalue weighted by Crippen LogP contribution is -2.57. The fourth-order valence-electron chi connectivity index (χ4n) is 8.38. The van der Waals surface area contributed by atoms with E-state index in [0.717, 1.165) is 50.5 Å². The second-order valence-electron chi connectivity index (χ2n) is 11.3. The van der Waals surface area contributed by atoms with E-state index in [1.165, 1.54) is 13.8 Å². The first-order chi connectivity index (χ1) is 14.6. The van der Waals surface area contributed by atoms with Crippen molar-refractivity contribution in [2.24, 2.45) is 40.4 Å². The first-order valence-corrected chi connectivity index (χ1v) is 12.1. The van der Waals surface area contributed by atoms with Crippen molar-refractivity contribution in [1.29, 1.82) is 0 Å². The van der Waals surface area contributed by atoms with Crippen LogP contribution in [0.2, 0.25) is 0 Å². The summed E-state index contributed by atoms with van der Waals surface area (Å²) in [6.07, 6.45) is 9.45. The second kappa shape index (κ2) is 8.04. The maximum atomic E-state index is 13.7. The molecule has 0 amide bonds. The van der Waals surface area contributed by atoms with Crippen molar-refractivity contribution >= 4 is 17.7 Å². The molecule has 0 radical (unpaired) electrons. The molecule has 4 aliphatic carbocycles. The normalized spacial score (nSPS) is 44.7. The van der Waals surface area contributed by atoms with Crippen molar-refractivity contribution in [3.8, 4) is 0 Å². The minimum atomic E-state index is -0.297. The number of carbonyl (C=O) groups excluding carboxylic acids is 3. The van der Waals surface area contributed by atoms with E-state index in [9.17, 15) is 14.4 Å². The Labute approximate surface area is 186 Å². The molecule has 4 saturated carbocycles. The van der Waals surface area contributed by atoms with Gasteiger partial charge in [-0.3, -0.25) is 14.4 Å². The van der Waals surface area contributed by atoms with Crippen molar-refractivity contribution in [2.75, 3.05) is 0 Å². The highest BCUT2D eigenvalue weighted by molar-refractivity contribution is 5.84. The van der Waals surface area contributed by atoms with Gasteiger partial charge in [0.25, 0.3) is 0 Å². The van der Waals surface area contributed by atoms with E-state index in [0.29, 0.717) is 35.9 Å². The summed E-state index contributed by atoms with van der Waals surface area (Å²) < 4.78 is 10.7. The molecular weight excluding hydrogens is 392 g/mol. The Bertz CT molecular complexity index is 800. The highest BCUT2D eigenvalue weighted by Crippen LogP contribution is 2.67. The van der Waals surface area contributed by atoms with Gasteiger partial charge in [0, 0.05) is 26.2 Å². The average Bonchev–Trinajstić information content (AvgIpc) is 3.02. The van der Waals surface area contributed by atoms with Gasteiger partial charge in [-0.05, 0) is 91.9 Å². The largest absolute Gasteiger partial charge is 0.463 e. The highest BCUT2D eigenvalue weighted by Gasteiger charge is 2.63. The molecule has 5 nitrogen and oxygen atoms in total. The van der Waals surface area contributed by atoms with E-state index >= 15 is 0 Å². The minimum absolute atomic E-state index is 0.0148. The highest BCUT2D eigenvalue weighted by atomic mass is 16.5. The van der Waals surface area contributed by atoms with Crippen molar-refractivity contribution in [1.82, 2.24) is 0 Å². The van der Waals surface area contributed by atoms with Gasteiger partial charge in [-0.1, -0.05) is 13.8 Å². The summed E-state index contributed by atoms with van der Waals surface area (Å²) in [5.74, 6) is 1.84. The maximum absolute atomic E-state index is 13.7. The number of Topliss-reactive ketones (excluding diaryl/α,β-unsaturated/α-hetero) is 1. The molecule has 0 aromatic heterocycles. The molecule has 5 heteroatoms. The lowest BCUT2D eigenvalue weighted by atomic mass is 9.44. The van der Waals surface area contributed by atoms with Gasteiger partial charge in [0.2, 0.25) is 0 Å². The zero-order chi connectivity index (χ0) is 22.6. The van der Waals surface area contributed by atoms with Gasteiger partial charge >= 0.3 is 11.9 Å². The van der Waals surface area contributed by atoms with Crippen LogP contribution >= 0.6 is 0 Å². The van der Waals surface area contributed by atoms with Crippen molar-refractivity contribution in [2.45, 2.75) is 92.1 Å². The summed E-state index contributed by atoms with van der Waals surface area (Å²) in [6, 6.07) is 0. The van der Waals surface area contributed by atoms with Gasteiger partial charge in [0.15, 0.2) is 0 Å². The van der Waals surface area contributed by atoms with Crippen LogP contribution in [0.3, 0.4) is 0 Å². The molecule has 0 saturated heterocycles. The number of rotatable bonds is 3. The molecule has 8 atom stereocenters. The molecule has 4 fully saturated rings. The maximum Gasteiger partial charge on any atom is 0.307 e. The van der Waals surface area contributed by atoms with Crippen molar-refractivity contribution in [3.63, 3.8) is 0 Å². The van der Waals surface area contributed by atoms with Crippen LogP contribution in [0.5, 0.6) is 0 Å². The van der Waals surface area contributed by atoms with Crippen LogP contribution in [0.1, 0.15) is 86.0 Å². The Morgan fingerprint density at radius 3 is 2.39 bits per heavy atom. The minimum Gasteiger partial charge on any atom is -0.463 e. The summed E-state index contributed by atoms with van der Waals surface area (Å²) in [5, 5.41) is 0. The number of hydrogen-bond acceptors (Lipinski definition) is 5. The summed E-state index contributed by atoms with van der Waals surface area (Å²) in [4.78, 5) is 36.5. The zero-order valence-corrected chi connectivity index (χ0v) is 19.7. The SMILES string of the molecule is CC(=O)O/C=C(\C)[C@@H]1CC[C@@H]2[C@H]3CC[C@H]4C[C@@H](OC(C)=O)CC[C@]4(C)[C@@H]3C(=O)C[C@@]21C. The number of ketones is 1. The third-order valence-electron chi connectivity index (χ3n) is 9.59. The van der Waals surface area contributed by atoms with Crippen molar-refractivity contribution < 1.29 is 23.9 Å². The van der Waals surface area contributed by atoms with Crippen LogP contribution in [-0.4, -0.2) is 23.8 Å². The number of ether oxygens (including phenoxy) is 2. The molecule has 31 heavy (non-hydrogen) atoms. The second-order valence-corrected chi connectivity index (χ2v) is 11.3. The van der Waals surface area contributed by atoms with Crippen LogP contribution in [0.4, 0.5) is 0 Å². The molecule has 0 aromatic carbocycles. The topological polar surface area (TPSA) is 69.7 Å². The molecule has 172 valence electrons. The van der Waals surface area contributed by atoms with Crippen LogP contribution in [0.15, 0.2) is 11.8 Å². The first-order valence-electron chi connectivity index (χ1n) is 12.1. The number of carbonyl (C=O) groups is 3. The fraction of sp³-hybridized carbons (Fsp3) is 0.808. The molecule has 0 aromatic rings. The summed E-state index contributed by atoms with van der Waals surface area (Å²) >= 11 is 0. The summed E-state index contributed by atoms with van der Waals surface area (Å²) in [7, 11) is 0. The molecule has 0 aliphatic heterocycles. The van der Waals surface area contributed by atoms with Gasteiger partial charge in [-0.2, -0.15) is 0 Å². The molecular formula is C26H38O5. The molecule has 0 spiro atoms. The number of esters is 2. The van der Waals surface area contributed by atoms with Gasteiger partial charge in [-0.15, -0.1) is 0 Å². The van der Waals surface area contributed by atoms with E-state index in [1.807, 2.05) is 6.92 Å². The van der Waals surface area contributed by atoms with Crippen molar-refractivity contribution in [3.05, 3.63) is 11.8 Å². The lowest BCUT2D eigenvalue weighted by Gasteiger charge is -2.60. The van der Waals surface area contributed by atoms with E-state index in [4.69, 9.17) is 9.47 Å². The predicted molar refractivity (Wildman–Crippen MR) is 117 cm³/mol. The Morgan fingerprint density at radius 1 is 0.968 bits per heavy atom. The van der Waals surface area contributed by atoms with Gasteiger partial charge in [-0.25, -0.2) is 0 Å². The van der Waals surface area contributed by atoms with E-state index in [-0.39, 0.29) is 34.8 Å². The Morgan fingerprint density at radius 2 is 1.71 bits per heavy atom. The number of hydrogen-bond donors (Lipinski definition) is 0. The molecule has 0 heterocycles. The standard InChI is InChI=1S/C26H38O5/c1-15(14-30-16(2)27)21-8-9-22-20-7-6-18-12-19(31-17(3)28)10-11-25(18,4)24(20)23(29)13-26(21,22)5/h14,18-22,24H,6-13H2,1-5H3/b15-14+/t18-,19-,20+,21-,22+,24-,25-,26+/m0/s1.